The second-order valence-electron chi connectivity index (χ2n) is 5.34. The Kier molecular flexibility index (Phi) is 7.21. The summed E-state index contributed by atoms with van der Waals surface area (Å²) >= 11 is 0. The van der Waals surface area contributed by atoms with Crippen molar-refractivity contribution in [1.82, 2.24) is 5.32 Å². The Morgan fingerprint density at radius 3 is 2.08 bits per heavy atom. The van der Waals surface area contributed by atoms with Crippen LogP contribution in [0.2, 0.25) is 0 Å². The number of nitrogens with one attached hydrogen (secondary N) is 1. The van der Waals surface area contributed by atoms with Crippen LogP contribution in [0, 0.1) is 0 Å². The molecule has 0 saturated heterocycles. The number of alkyl halides is 2. The molecule has 0 saturated carbocycles. The van der Waals surface area contributed by atoms with Gasteiger partial charge in [0.15, 0.2) is 11.5 Å². The van der Waals surface area contributed by atoms with E-state index in [0.717, 1.165) is 0 Å². The van der Waals surface area contributed by atoms with Gasteiger partial charge in [-0.15, -0.1) is 0 Å². The van der Waals surface area contributed by atoms with Crippen molar-refractivity contribution in [3.63, 3.8) is 0 Å². The Balaban J connectivity index is 3.05. The molecular formula is C16H24F2N2O4. The van der Waals surface area contributed by atoms with Crippen LogP contribution in [0.25, 0.3) is 0 Å². The van der Waals surface area contributed by atoms with E-state index < -0.39 is 18.1 Å². The Labute approximate surface area is 140 Å². The summed E-state index contributed by atoms with van der Waals surface area (Å²) in [6.45, 7) is 1.13. The Morgan fingerprint density at radius 2 is 1.71 bits per heavy atom. The largest absolute Gasteiger partial charge is 0.493 e. The number of methoxy groups -OCH3 is 2. The molecule has 0 aliphatic carbocycles. The molecule has 0 heterocycles. The number of benzene rings is 1. The highest BCUT2D eigenvalue weighted by molar-refractivity contribution is 5.95. The summed E-state index contributed by atoms with van der Waals surface area (Å²) in [5.41, 5.74) is 5.84. The van der Waals surface area contributed by atoms with Crippen molar-refractivity contribution in [2.24, 2.45) is 5.73 Å². The molecule has 1 rings (SSSR count). The molecule has 136 valence electrons. The molecule has 1 aromatic rings. The van der Waals surface area contributed by atoms with Crippen molar-refractivity contribution < 1.29 is 27.8 Å². The SMILES string of the molecule is CCC(N)(CC)CNC(=O)c1cc(OC)c(OC(F)F)c(OC)c1. The molecule has 0 spiro atoms. The van der Waals surface area contributed by atoms with Crippen LogP contribution < -0.4 is 25.3 Å². The van der Waals surface area contributed by atoms with E-state index in [4.69, 9.17) is 15.2 Å². The van der Waals surface area contributed by atoms with E-state index in [2.05, 4.69) is 10.1 Å². The Hall–Kier alpha value is -2.09. The van der Waals surface area contributed by atoms with Gasteiger partial charge in [0.1, 0.15) is 0 Å². The van der Waals surface area contributed by atoms with Gasteiger partial charge >= 0.3 is 6.61 Å². The molecule has 0 radical (unpaired) electrons. The summed E-state index contributed by atoms with van der Waals surface area (Å²) < 4.78 is 39.5. The third-order valence-electron chi connectivity index (χ3n) is 3.94. The minimum Gasteiger partial charge on any atom is -0.493 e. The van der Waals surface area contributed by atoms with Crippen LogP contribution in [0.15, 0.2) is 12.1 Å². The lowest BCUT2D eigenvalue weighted by Crippen LogP contribution is -2.49. The minimum atomic E-state index is -3.04. The molecule has 3 N–H and O–H groups in total. The fourth-order valence-corrected chi connectivity index (χ4v) is 2.07. The second-order valence-corrected chi connectivity index (χ2v) is 5.34. The zero-order valence-corrected chi connectivity index (χ0v) is 14.3. The average Bonchev–Trinajstić information content (AvgIpc) is 2.58. The lowest BCUT2D eigenvalue weighted by molar-refractivity contribution is -0.0526. The molecule has 0 aliphatic rings. The number of amides is 1. The average molecular weight is 346 g/mol. The van der Waals surface area contributed by atoms with E-state index in [1.54, 1.807) is 0 Å². The number of hydrogen-bond donors (Lipinski definition) is 2. The molecule has 1 aromatic carbocycles. The number of carbonyl (C=O) groups excluding carboxylic acids is 1. The maximum absolute atomic E-state index is 12.5. The minimum absolute atomic E-state index is 0.0233. The fraction of sp³-hybridized carbons (Fsp3) is 0.562. The highest BCUT2D eigenvalue weighted by Crippen LogP contribution is 2.39. The van der Waals surface area contributed by atoms with Crippen LogP contribution in [0.4, 0.5) is 8.78 Å². The van der Waals surface area contributed by atoms with Gasteiger partial charge in [0.25, 0.3) is 5.91 Å². The lowest BCUT2D eigenvalue weighted by atomic mass is 9.94. The summed E-state index contributed by atoms with van der Waals surface area (Å²) in [5, 5.41) is 2.74. The third kappa shape index (κ3) is 4.95. The molecular weight excluding hydrogens is 322 g/mol. The van der Waals surface area contributed by atoms with Crippen molar-refractivity contribution in [3.05, 3.63) is 17.7 Å². The van der Waals surface area contributed by atoms with Crippen LogP contribution in [0.1, 0.15) is 37.0 Å². The number of ether oxygens (including phenoxy) is 3. The van der Waals surface area contributed by atoms with Gasteiger partial charge in [0.05, 0.1) is 14.2 Å². The summed E-state index contributed by atoms with van der Waals surface area (Å²) in [5.74, 6) is -0.719. The normalized spacial score (nSPS) is 11.3. The quantitative estimate of drug-likeness (QED) is 0.718. The molecule has 0 fully saturated rings. The third-order valence-corrected chi connectivity index (χ3v) is 3.94. The highest BCUT2D eigenvalue weighted by Gasteiger charge is 2.23. The number of rotatable bonds is 9. The molecule has 0 bridgehead atoms. The van der Waals surface area contributed by atoms with Gasteiger partial charge < -0.3 is 25.3 Å². The lowest BCUT2D eigenvalue weighted by Gasteiger charge is -2.26. The van der Waals surface area contributed by atoms with Crippen molar-refractivity contribution in [2.75, 3.05) is 20.8 Å². The van der Waals surface area contributed by atoms with Crippen molar-refractivity contribution in [2.45, 2.75) is 38.8 Å². The first-order valence-corrected chi connectivity index (χ1v) is 7.58. The van der Waals surface area contributed by atoms with Crippen molar-refractivity contribution in [3.8, 4) is 17.2 Å². The first-order chi connectivity index (χ1) is 11.3. The van der Waals surface area contributed by atoms with Crippen LogP contribution in [-0.4, -0.2) is 38.8 Å². The van der Waals surface area contributed by atoms with Gasteiger partial charge in [0.2, 0.25) is 5.75 Å². The second kappa shape index (κ2) is 8.68. The summed E-state index contributed by atoms with van der Waals surface area (Å²) in [4.78, 5) is 12.3. The predicted octanol–water partition coefficient (Wildman–Crippen LogP) is 2.55. The van der Waals surface area contributed by atoms with Crippen LogP contribution in [-0.2, 0) is 0 Å². The molecule has 0 aromatic heterocycles. The van der Waals surface area contributed by atoms with E-state index in [0.29, 0.717) is 19.4 Å². The standard InChI is InChI=1S/C16H24F2N2O4/c1-5-16(19,6-2)9-20-14(21)10-7-11(22-3)13(24-15(17)18)12(8-10)23-4/h7-8,15H,5-6,9,19H2,1-4H3,(H,20,21). The number of hydrogen-bond acceptors (Lipinski definition) is 5. The topological polar surface area (TPSA) is 82.8 Å². The predicted molar refractivity (Wildman–Crippen MR) is 86.0 cm³/mol. The smallest absolute Gasteiger partial charge is 0.387 e. The van der Waals surface area contributed by atoms with E-state index in [9.17, 15) is 13.6 Å². The van der Waals surface area contributed by atoms with Gasteiger partial charge in [-0.1, -0.05) is 13.8 Å². The zero-order chi connectivity index (χ0) is 18.3. The van der Waals surface area contributed by atoms with E-state index in [-0.39, 0.29) is 22.8 Å². The number of nitrogens with two attached hydrogens (primary N) is 1. The summed E-state index contributed by atoms with van der Waals surface area (Å²) in [6, 6.07) is 2.62. The van der Waals surface area contributed by atoms with Gasteiger partial charge in [-0.05, 0) is 25.0 Å². The van der Waals surface area contributed by atoms with E-state index >= 15 is 0 Å². The zero-order valence-electron chi connectivity index (χ0n) is 14.3. The molecule has 24 heavy (non-hydrogen) atoms. The summed E-state index contributed by atoms with van der Waals surface area (Å²) in [7, 11) is 2.57. The van der Waals surface area contributed by atoms with E-state index in [1.807, 2.05) is 13.8 Å². The Morgan fingerprint density at radius 1 is 1.21 bits per heavy atom. The van der Waals surface area contributed by atoms with Crippen LogP contribution in [0.3, 0.4) is 0 Å². The van der Waals surface area contributed by atoms with Gasteiger partial charge in [-0.2, -0.15) is 8.78 Å². The molecule has 6 nitrogen and oxygen atoms in total. The Bertz CT molecular complexity index is 538. The van der Waals surface area contributed by atoms with Gasteiger partial charge in [-0.3, -0.25) is 4.79 Å². The van der Waals surface area contributed by atoms with Crippen LogP contribution in [0.5, 0.6) is 17.2 Å². The first-order valence-electron chi connectivity index (χ1n) is 7.58. The van der Waals surface area contributed by atoms with E-state index in [1.165, 1.54) is 26.4 Å². The monoisotopic (exact) mass is 346 g/mol. The number of carbonyl (C=O) groups is 1. The van der Waals surface area contributed by atoms with Gasteiger partial charge in [-0.25, -0.2) is 0 Å². The molecule has 0 atom stereocenters. The fourth-order valence-electron chi connectivity index (χ4n) is 2.07. The first kappa shape index (κ1) is 20.0. The van der Waals surface area contributed by atoms with Crippen molar-refractivity contribution >= 4 is 5.91 Å². The maximum Gasteiger partial charge on any atom is 0.387 e. The molecule has 0 unspecified atom stereocenters. The molecule has 1 amide bonds. The van der Waals surface area contributed by atoms with Crippen molar-refractivity contribution in [1.29, 1.82) is 0 Å². The number of halogens is 2. The summed E-state index contributed by atoms with van der Waals surface area (Å²) in [6.07, 6.45) is 1.41. The maximum atomic E-state index is 12.5. The van der Waals surface area contributed by atoms with Crippen LogP contribution >= 0.6 is 0 Å². The highest BCUT2D eigenvalue weighted by atomic mass is 19.3. The molecule has 8 heteroatoms. The molecule has 0 aliphatic heterocycles. The van der Waals surface area contributed by atoms with Gasteiger partial charge in [0, 0.05) is 17.6 Å².